The first-order valence-electron chi connectivity index (χ1n) is 15.3. The number of allylic oxidation sites excluding steroid dienone is 1. The number of carbonyl (C=O) groups excluding carboxylic acids is 1. The third kappa shape index (κ3) is 6.89. The number of ketones is 1. The van der Waals surface area contributed by atoms with E-state index >= 15 is 0 Å². The average molecular weight is 615 g/mol. The Balaban J connectivity index is 1.22. The summed E-state index contributed by atoms with van der Waals surface area (Å²) < 4.78 is 10.7. The smallest absolute Gasteiger partial charge is 0.335 e. The summed E-state index contributed by atoms with van der Waals surface area (Å²) in [7, 11) is 0. The summed E-state index contributed by atoms with van der Waals surface area (Å²) in [5, 5.41) is 39.2. The molecule has 4 N–H and O–H groups in total. The summed E-state index contributed by atoms with van der Waals surface area (Å²) in [6.45, 7) is 11.4. The van der Waals surface area contributed by atoms with Crippen LogP contribution in [-0.2, 0) is 26.8 Å². The van der Waals surface area contributed by atoms with E-state index in [0.29, 0.717) is 5.56 Å². The van der Waals surface area contributed by atoms with Gasteiger partial charge in [-0.3, -0.25) is 4.79 Å². The van der Waals surface area contributed by atoms with Crippen LogP contribution in [0.4, 0.5) is 0 Å². The van der Waals surface area contributed by atoms with Crippen molar-refractivity contribution in [3.8, 4) is 5.75 Å². The molecule has 45 heavy (non-hydrogen) atoms. The lowest BCUT2D eigenvalue weighted by atomic mass is 9.63. The molecule has 1 aliphatic heterocycles. The Labute approximate surface area is 264 Å². The summed E-state index contributed by atoms with van der Waals surface area (Å²) in [4.78, 5) is 24.3. The maximum atomic E-state index is 13.0. The molecule has 3 aromatic carbocycles. The molecule has 1 saturated heterocycles. The number of benzene rings is 3. The maximum absolute atomic E-state index is 13.0. The first kappa shape index (κ1) is 32.6. The van der Waals surface area contributed by atoms with E-state index in [1.54, 1.807) is 24.3 Å². The fourth-order valence-corrected chi connectivity index (χ4v) is 6.19. The second kappa shape index (κ2) is 12.5. The van der Waals surface area contributed by atoms with Gasteiger partial charge in [-0.15, -0.1) is 0 Å². The molecule has 2 aliphatic rings. The summed E-state index contributed by atoms with van der Waals surface area (Å²) >= 11 is 0. The molecule has 0 bridgehead atoms. The van der Waals surface area contributed by atoms with Crippen molar-refractivity contribution in [2.75, 3.05) is 0 Å². The predicted molar refractivity (Wildman–Crippen MR) is 171 cm³/mol. The third-order valence-electron chi connectivity index (χ3n) is 9.28. The lowest BCUT2D eigenvalue weighted by Gasteiger charge is -2.42. The van der Waals surface area contributed by atoms with Gasteiger partial charge in [0.05, 0.1) is 0 Å². The van der Waals surface area contributed by atoms with Crippen LogP contribution >= 0.6 is 0 Å². The molecule has 1 heterocycles. The van der Waals surface area contributed by atoms with Crippen molar-refractivity contribution in [2.24, 2.45) is 0 Å². The zero-order valence-corrected chi connectivity index (χ0v) is 26.4. The van der Waals surface area contributed by atoms with E-state index in [1.165, 1.54) is 23.1 Å². The second-order valence-corrected chi connectivity index (χ2v) is 13.6. The van der Waals surface area contributed by atoms with Gasteiger partial charge in [0.2, 0.25) is 6.29 Å². The molecule has 5 rings (SSSR count). The van der Waals surface area contributed by atoms with Crippen molar-refractivity contribution in [2.45, 2.75) is 95.4 Å². The molecule has 0 radical (unpaired) electrons. The predicted octanol–water partition coefficient (Wildman–Crippen LogP) is 5.29. The van der Waals surface area contributed by atoms with E-state index in [-0.39, 0.29) is 28.8 Å². The van der Waals surface area contributed by atoms with Crippen LogP contribution < -0.4 is 4.74 Å². The number of ether oxygens (including phenoxy) is 2. The fourth-order valence-electron chi connectivity index (χ4n) is 6.19. The van der Waals surface area contributed by atoms with Crippen molar-refractivity contribution >= 4 is 23.4 Å². The number of aliphatic carboxylic acids is 1. The zero-order valence-electron chi connectivity index (χ0n) is 26.4. The standard InChI is InChI=1S/C37H42O8/c1-21(25-12-15-27-28(20-25)37(4,5)17-16-36(27,2)3)18-22-6-10-24(11-7-22)29(38)19-23-8-13-26(14-9-23)44-35-32(41)30(39)31(40)33(45-35)34(42)43/h6-15,18,20,30-33,35,39-41H,16-17,19H2,1-5H3,(H,42,43)/b21-18+. The van der Waals surface area contributed by atoms with Gasteiger partial charge in [0.1, 0.15) is 24.1 Å². The monoisotopic (exact) mass is 614 g/mol. The first-order valence-corrected chi connectivity index (χ1v) is 15.3. The Bertz CT molecular complexity index is 1590. The topological polar surface area (TPSA) is 134 Å². The number of aliphatic hydroxyl groups excluding tert-OH is 3. The van der Waals surface area contributed by atoms with Crippen LogP contribution in [0, 0.1) is 0 Å². The molecule has 238 valence electrons. The quantitative estimate of drug-likeness (QED) is 0.199. The van der Waals surface area contributed by atoms with Crippen molar-refractivity contribution in [3.05, 3.63) is 100 Å². The summed E-state index contributed by atoms with van der Waals surface area (Å²) in [5.41, 5.74) is 7.88. The molecule has 5 unspecified atom stereocenters. The number of rotatable bonds is 8. The SMILES string of the molecule is C/C(=C\c1ccc(C(=O)Cc2ccc(OC3OC(C(=O)O)C(O)C(O)C3O)cc2)cc1)c1ccc2c(c1)C(C)(C)CCC2(C)C. The Morgan fingerprint density at radius 2 is 1.42 bits per heavy atom. The van der Waals surface area contributed by atoms with Gasteiger partial charge in [0, 0.05) is 12.0 Å². The normalized spacial score (nSPS) is 25.7. The van der Waals surface area contributed by atoms with E-state index in [4.69, 9.17) is 9.47 Å². The summed E-state index contributed by atoms with van der Waals surface area (Å²) in [6, 6.07) is 20.9. The molecule has 3 aromatic rings. The zero-order chi connectivity index (χ0) is 32.7. The molecule has 8 nitrogen and oxygen atoms in total. The van der Waals surface area contributed by atoms with Gasteiger partial charge in [-0.25, -0.2) is 4.79 Å². The largest absolute Gasteiger partial charge is 0.479 e. The molecule has 0 spiro atoms. The number of hydrogen-bond acceptors (Lipinski definition) is 7. The van der Waals surface area contributed by atoms with Crippen LogP contribution in [-0.4, -0.2) is 62.9 Å². The molecule has 1 aliphatic carbocycles. The van der Waals surface area contributed by atoms with Gasteiger partial charge < -0.3 is 29.9 Å². The van der Waals surface area contributed by atoms with Crippen LogP contribution in [0.2, 0.25) is 0 Å². The van der Waals surface area contributed by atoms with Crippen molar-refractivity contribution in [3.63, 3.8) is 0 Å². The van der Waals surface area contributed by atoms with E-state index in [2.05, 4.69) is 58.9 Å². The molecule has 8 heteroatoms. The first-order chi connectivity index (χ1) is 21.2. The molecule has 0 saturated carbocycles. The summed E-state index contributed by atoms with van der Waals surface area (Å²) in [5.74, 6) is -1.30. The van der Waals surface area contributed by atoms with Gasteiger partial charge in [-0.1, -0.05) is 88.4 Å². The highest BCUT2D eigenvalue weighted by molar-refractivity contribution is 5.97. The van der Waals surface area contributed by atoms with Crippen LogP contribution in [0.3, 0.4) is 0 Å². The van der Waals surface area contributed by atoms with Crippen molar-refractivity contribution in [1.29, 1.82) is 0 Å². The van der Waals surface area contributed by atoms with Crippen molar-refractivity contribution < 1.29 is 39.5 Å². The molecular formula is C37H42O8. The number of carboxylic acid groups (broad SMARTS) is 1. The van der Waals surface area contributed by atoms with E-state index in [9.17, 15) is 30.0 Å². The Hall–Kier alpha value is -3.82. The molecule has 0 amide bonds. The Kier molecular flexibility index (Phi) is 9.06. The lowest BCUT2D eigenvalue weighted by Crippen LogP contribution is -2.61. The highest BCUT2D eigenvalue weighted by Gasteiger charge is 2.48. The van der Waals surface area contributed by atoms with Crippen molar-refractivity contribution in [1.82, 2.24) is 0 Å². The minimum atomic E-state index is -1.80. The average Bonchev–Trinajstić information content (AvgIpc) is 3.00. The minimum Gasteiger partial charge on any atom is -0.479 e. The number of Topliss-reactive ketones (excluding diaryl/α,β-unsaturated/α-hetero) is 1. The van der Waals surface area contributed by atoms with Gasteiger partial charge >= 0.3 is 5.97 Å². The van der Waals surface area contributed by atoms with Crippen LogP contribution in [0.25, 0.3) is 11.6 Å². The fraction of sp³-hybridized carbons (Fsp3) is 0.405. The Morgan fingerprint density at radius 1 is 0.822 bits per heavy atom. The molecule has 5 atom stereocenters. The number of fused-ring (bicyclic) bond motifs is 1. The van der Waals surface area contributed by atoms with Crippen LogP contribution in [0.15, 0.2) is 66.7 Å². The van der Waals surface area contributed by atoms with Crippen LogP contribution in [0.1, 0.15) is 85.6 Å². The van der Waals surface area contributed by atoms with E-state index < -0.39 is 36.7 Å². The van der Waals surface area contributed by atoms with Gasteiger partial charge in [0.25, 0.3) is 0 Å². The molecule has 0 aromatic heterocycles. The molecular weight excluding hydrogens is 572 g/mol. The summed E-state index contributed by atoms with van der Waals surface area (Å²) in [6.07, 6.45) is -3.81. The van der Waals surface area contributed by atoms with Gasteiger partial charge in [0.15, 0.2) is 11.9 Å². The lowest BCUT2D eigenvalue weighted by molar-refractivity contribution is -0.271. The van der Waals surface area contributed by atoms with Crippen LogP contribution in [0.5, 0.6) is 5.75 Å². The van der Waals surface area contributed by atoms with E-state index in [1.807, 2.05) is 24.3 Å². The Morgan fingerprint density at radius 3 is 2.04 bits per heavy atom. The number of carboxylic acids is 1. The minimum absolute atomic E-state index is 0.0529. The van der Waals surface area contributed by atoms with E-state index in [0.717, 1.165) is 23.1 Å². The number of carbonyl (C=O) groups is 2. The number of hydrogen-bond donors (Lipinski definition) is 4. The second-order valence-electron chi connectivity index (χ2n) is 13.6. The molecule has 1 fully saturated rings. The maximum Gasteiger partial charge on any atom is 0.335 e. The third-order valence-corrected chi connectivity index (χ3v) is 9.28. The highest BCUT2D eigenvalue weighted by atomic mass is 16.7. The van der Waals surface area contributed by atoms with Gasteiger partial charge in [-0.05, 0) is 76.1 Å². The number of aliphatic hydroxyl groups is 3. The van der Waals surface area contributed by atoms with Gasteiger partial charge in [-0.2, -0.15) is 0 Å². The highest BCUT2D eigenvalue weighted by Crippen LogP contribution is 2.46.